The lowest BCUT2D eigenvalue weighted by Crippen LogP contribution is -2.75. The lowest BCUT2D eigenvalue weighted by molar-refractivity contribution is -0.249. The molecule has 0 atom stereocenters. The van der Waals surface area contributed by atoms with Crippen molar-refractivity contribution in [2.75, 3.05) is 0 Å². The zero-order valence-corrected chi connectivity index (χ0v) is 20.2. The van der Waals surface area contributed by atoms with Crippen molar-refractivity contribution in [3.63, 3.8) is 0 Å². The van der Waals surface area contributed by atoms with Crippen molar-refractivity contribution < 1.29 is 79.2 Å². The average Bonchev–Trinajstić information content (AvgIpc) is 3.21. The first kappa shape index (κ1) is 29.3. The van der Waals surface area contributed by atoms with Crippen LogP contribution in [0.15, 0.2) is 0 Å². The molecule has 0 aromatic heterocycles. The van der Waals surface area contributed by atoms with Gasteiger partial charge in [0.05, 0.1) is 10.8 Å². The molecule has 16 heteroatoms. The number of rotatable bonds is 8. The second kappa shape index (κ2) is 8.91. The van der Waals surface area contributed by atoms with Gasteiger partial charge in [-0.25, -0.2) is 0 Å². The molecule has 0 aromatic rings. The van der Waals surface area contributed by atoms with Crippen LogP contribution >= 0.6 is 0 Å². The van der Waals surface area contributed by atoms with Gasteiger partial charge < -0.3 is 40.9 Å². The Morgan fingerprint density at radius 3 is 0.923 bits per heavy atom. The summed E-state index contributed by atoms with van der Waals surface area (Å²) in [6.45, 7) is 0. The summed E-state index contributed by atoms with van der Waals surface area (Å²) in [6.07, 6.45) is -0.846. The van der Waals surface area contributed by atoms with E-state index in [0.717, 1.165) is 0 Å². The Labute approximate surface area is 217 Å². The second-order valence-electron chi connectivity index (χ2n) is 10.8. The van der Waals surface area contributed by atoms with E-state index in [2.05, 4.69) is 0 Å². The summed E-state index contributed by atoms with van der Waals surface area (Å²) in [7, 11) is 0. The molecular weight excluding hydrogens is 532 g/mol. The van der Waals surface area contributed by atoms with E-state index in [-0.39, 0.29) is 43.9 Å². The molecule has 5 aliphatic rings. The highest BCUT2D eigenvalue weighted by molar-refractivity contribution is 6.13. The normalized spacial score (nSPS) is 32.2. The highest BCUT2D eigenvalue weighted by Gasteiger charge is 2.84. The van der Waals surface area contributed by atoms with Gasteiger partial charge in [0.1, 0.15) is 0 Å². The third kappa shape index (κ3) is 3.22. The van der Waals surface area contributed by atoms with Gasteiger partial charge in [0.2, 0.25) is 0 Å². The SMILES string of the molecule is O=C(O)C1(C(=O)O)CCCC1(C(=O)O)C(=O)O.O=C(O)C12CC3CC(C1)CC(C(=O)O)(C3)C2(C(=O)O)C(=O)O. The standard InChI is InChI=1S/C14H16O8.C9H10O8/c15-8(16)12-2-6-1-7(4-12)5-13(3-6,9(17)18)14(12,10(19)20)11(21)22;10-4(11)8(5(12)13)2-1-3-9(8,6(14)15)7(16)17/h6-7H,1-5H2,(H,15,16)(H,17,18)(H,19,20)(H,21,22);1-3H2,(H,10,11)(H,12,13)(H,14,15)(H,16,17). The van der Waals surface area contributed by atoms with E-state index in [1.54, 1.807) is 0 Å². The molecule has 5 rings (SSSR count). The van der Waals surface area contributed by atoms with Crippen LogP contribution in [0.4, 0.5) is 0 Å². The van der Waals surface area contributed by atoms with Gasteiger partial charge in [0.15, 0.2) is 16.2 Å². The number of carbonyl (C=O) groups is 8. The summed E-state index contributed by atoms with van der Waals surface area (Å²) >= 11 is 0. The number of hydrogen-bond donors (Lipinski definition) is 8. The molecule has 214 valence electrons. The van der Waals surface area contributed by atoms with Crippen LogP contribution in [0.3, 0.4) is 0 Å². The lowest BCUT2D eigenvalue weighted by atomic mass is 9.33. The van der Waals surface area contributed by atoms with Crippen molar-refractivity contribution in [3.05, 3.63) is 0 Å². The van der Waals surface area contributed by atoms with Gasteiger partial charge in [-0.3, -0.25) is 38.4 Å². The average molecular weight is 558 g/mol. The first-order valence-electron chi connectivity index (χ1n) is 11.7. The van der Waals surface area contributed by atoms with Gasteiger partial charge in [0, 0.05) is 0 Å². The molecule has 0 unspecified atom stereocenters. The summed E-state index contributed by atoms with van der Waals surface area (Å²) in [5.74, 6) is -15.0. The molecule has 0 spiro atoms. The van der Waals surface area contributed by atoms with Crippen molar-refractivity contribution in [1.82, 2.24) is 0 Å². The Bertz CT molecular complexity index is 1070. The van der Waals surface area contributed by atoms with Crippen LogP contribution in [-0.2, 0) is 38.4 Å². The number of hydrogen-bond acceptors (Lipinski definition) is 8. The molecule has 5 fully saturated rings. The predicted molar refractivity (Wildman–Crippen MR) is 117 cm³/mol. The minimum absolute atomic E-state index is 0.0861. The zero-order chi connectivity index (χ0) is 29.9. The molecule has 8 N–H and O–H groups in total. The maximum Gasteiger partial charge on any atom is 0.323 e. The van der Waals surface area contributed by atoms with Crippen LogP contribution in [0, 0.1) is 38.9 Å². The Kier molecular flexibility index (Phi) is 6.70. The van der Waals surface area contributed by atoms with Gasteiger partial charge >= 0.3 is 47.8 Å². The van der Waals surface area contributed by atoms with E-state index in [1.807, 2.05) is 0 Å². The Morgan fingerprint density at radius 2 is 0.718 bits per heavy atom. The molecule has 0 aliphatic heterocycles. The molecule has 39 heavy (non-hydrogen) atoms. The lowest BCUT2D eigenvalue weighted by Gasteiger charge is -2.65. The molecule has 5 saturated carbocycles. The van der Waals surface area contributed by atoms with Gasteiger partial charge in [-0.1, -0.05) is 0 Å². The Hall–Kier alpha value is -4.24. The third-order valence-electron chi connectivity index (χ3n) is 9.40. The molecular formula is C23H26O16. The van der Waals surface area contributed by atoms with Crippen molar-refractivity contribution in [3.8, 4) is 0 Å². The fourth-order valence-electron chi connectivity index (χ4n) is 8.12. The van der Waals surface area contributed by atoms with Gasteiger partial charge in [0.25, 0.3) is 0 Å². The van der Waals surface area contributed by atoms with Gasteiger partial charge in [-0.2, -0.15) is 0 Å². The molecule has 16 nitrogen and oxygen atoms in total. The summed E-state index contributed by atoms with van der Waals surface area (Å²) in [6, 6.07) is 0. The van der Waals surface area contributed by atoms with Crippen molar-refractivity contribution in [2.24, 2.45) is 38.9 Å². The fraction of sp³-hybridized carbons (Fsp3) is 0.652. The Balaban J connectivity index is 0.000000224. The maximum atomic E-state index is 12.0. The van der Waals surface area contributed by atoms with Crippen LogP contribution in [0.1, 0.15) is 51.4 Å². The minimum Gasteiger partial charge on any atom is -0.481 e. The summed E-state index contributed by atoms with van der Waals surface area (Å²) in [5.41, 5.74) is -12.6. The first-order chi connectivity index (χ1) is 17.9. The fourth-order valence-corrected chi connectivity index (χ4v) is 8.12. The number of carboxylic acids is 8. The minimum atomic E-state index is -2.83. The highest BCUT2D eigenvalue weighted by atomic mass is 16.4. The Morgan fingerprint density at radius 1 is 0.436 bits per heavy atom. The predicted octanol–water partition coefficient (Wildman–Crippen LogP) is -0.0108. The molecule has 4 bridgehead atoms. The van der Waals surface area contributed by atoms with Crippen LogP contribution in [0.5, 0.6) is 0 Å². The molecule has 0 amide bonds. The zero-order valence-electron chi connectivity index (χ0n) is 20.2. The van der Waals surface area contributed by atoms with E-state index in [0.29, 0.717) is 6.42 Å². The first-order valence-corrected chi connectivity index (χ1v) is 11.7. The quantitative estimate of drug-likeness (QED) is 0.182. The topological polar surface area (TPSA) is 298 Å². The number of carboxylic acid groups (broad SMARTS) is 8. The highest BCUT2D eigenvalue weighted by Crippen LogP contribution is 2.74. The van der Waals surface area contributed by atoms with Crippen LogP contribution < -0.4 is 0 Å². The van der Waals surface area contributed by atoms with E-state index in [9.17, 15) is 58.8 Å². The van der Waals surface area contributed by atoms with E-state index in [1.165, 1.54) is 0 Å². The van der Waals surface area contributed by atoms with Crippen molar-refractivity contribution in [1.29, 1.82) is 0 Å². The molecule has 0 saturated heterocycles. The molecule has 0 aromatic carbocycles. The molecule has 5 aliphatic carbocycles. The van der Waals surface area contributed by atoms with E-state index < -0.39 is 87.7 Å². The van der Waals surface area contributed by atoms with E-state index >= 15 is 0 Å². The monoisotopic (exact) mass is 558 g/mol. The second-order valence-corrected chi connectivity index (χ2v) is 10.8. The van der Waals surface area contributed by atoms with Crippen LogP contribution in [0.2, 0.25) is 0 Å². The third-order valence-corrected chi connectivity index (χ3v) is 9.40. The molecule has 0 heterocycles. The molecule has 0 radical (unpaired) electrons. The van der Waals surface area contributed by atoms with Crippen molar-refractivity contribution in [2.45, 2.75) is 51.4 Å². The largest absolute Gasteiger partial charge is 0.481 e. The van der Waals surface area contributed by atoms with Crippen LogP contribution in [0.25, 0.3) is 0 Å². The number of aliphatic carboxylic acids is 8. The van der Waals surface area contributed by atoms with E-state index in [4.69, 9.17) is 20.4 Å². The summed E-state index contributed by atoms with van der Waals surface area (Å²) in [5, 5.41) is 74.6. The maximum absolute atomic E-state index is 12.0. The summed E-state index contributed by atoms with van der Waals surface area (Å²) in [4.78, 5) is 92.1. The van der Waals surface area contributed by atoms with Crippen LogP contribution in [-0.4, -0.2) is 88.6 Å². The smallest absolute Gasteiger partial charge is 0.323 e. The summed E-state index contributed by atoms with van der Waals surface area (Å²) < 4.78 is 0. The van der Waals surface area contributed by atoms with Gasteiger partial charge in [-0.15, -0.1) is 0 Å². The van der Waals surface area contributed by atoms with Gasteiger partial charge in [-0.05, 0) is 63.2 Å². The van der Waals surface area contributed by atoms with Crippen molar-refractivity contribution >= 4 is 47.8 Å².